The van der Waals surface area contributed by atoms with Crippen LogP contribution in [0.15, 0.2) is 28.7 Å². The summed E-state index contributed by atoms with van der Waals surface area (Å²) in [7, 11) is 0. The van der Waals surface area contributed by atoms with Crippen molar-refractivity contribution in [1.82, 2.24) is 5.32 Å². The van der Waals surface area contributed by atoms with Crippen LogP contribution in [-0.2, 0) is 0 Å². The van der Waals surface area contributed by atoms with Crippen LogP contribution < -0.4 is 5.32 Å². The summed E-state index contributed by atoms with van der Waals surface area (Å²) in [5.41, 5.74) is 1.14. The fourth-order valence-electron chi connectivity index (χ4n) is 2.86. The Bertz CT molecular complexity index is 439. The van der Waals surface area contributed by atoms with E-state index in [9.17, 15) is 13.2 Å². The van der Waals surface area contributed by atoms with Crippen LogP contribution in [-0.4, -0.2) is 12.2 Å². The van der Waals surface area contributed by atoms with Gasteiger partial charge in [0.1, 0.15) is 0 Å². The molecule has 0 spiro atoms. The molecule has 0 bridgehead atoms. The van der Waals surface area contributed by atoms with E-state index in [1.165, 1.54) is 0 Å². The van der Waals surface area contributed by atoms with Gasteiger partial charge in [0.05, 0.1) is 5.92 Å². The van der Waals surface area contributed by atoms with E-state index in [0.29, 0.717) is 12.8 Å². The Labute approximate surface area is 126 Å². The third kappa shape index (κ3) is 3.98. The van der Waals surface area contributed by atoms with Gasteiger partial charge in [-0.05, 0) is 44.2 Å². The zero-order valence-electron chi connectivity index (χ0n) is 11.4. The molecule has 2 rings (SSSR count). The molecule has 20 heavy (non-hydrogen) atoms. The monoisotopic (exact) mass is 349 g/mol. The van der Waals surface area contributed by atoms with E-state index in [0.717, 1.165) is 10.0 Å². The average molecular weight is 350 g/mol. The lowest BCUT2D eigenvalue weighted by atomic mass is 9.85. The van der Waals surface area contributed by atoms with Gasteiger partial charge in [-0.15, -0.1) is 0 Å². The van der Waals surface area contributed by atoms with Gasteiger partial charge in [-0.3, -0.25) is 0 Å². The number of rotatable bonds is 3. The van der Waals surface area contributed by atoms with E-state index in [4.69, 9.17) is 0 Å². The highest BCUT2D eigenvalue weighted by atomic mass is 79.9. The van der Waals surface area contributed by atoms with Crippen molar-refractivity contribution in [2.24, 2.45) is 5.92 Å². The molecule has 1 atom stereocenters. The minimum Gasteiger partial charge on any atom is -0.307 e. The number of nitrogens with one attached hydrogen (secondary N) is 1. The maximum Gasteiger partial charge on any atom is 0.391 e. The Hall–Kier alpha value is -0.550. The van der Waals surface area contributed by atoms with Crippen molar-refractivity contribution in [1.29, 1.82) is 0 Å². The first-order valence-corrected chi connectivity index (χ1v) is 7.74. The standard InChI is InChI=1S/C15H19BrF3N/c1-10(13-4-2-3-5-14(13)16)20-12-8-6-11(7-9-12)15(17,18)19/h2-5,10-12,20H,6-9H2,1H3. The van der Waals surface area contributed by atoms with E-state index in [2.05, 4.69) is 28.2 Å². The van der Waals surface area contributed by atoms with Crippen LogP contribution >= 0.6 is 15.9 Å². The summed E-state index contributed by atoms with van der Waals surface area (Å²) < 4.78 is 38.9. The van der Waals surface area contributed by atoms with Gasteiger partial charge < -0.3 is 5.32 Å². The van der Waals surface area contributed by atoms with Crippen molar-refractivity contribution in [3.63, 3.8) is 0 Å². The average Bonchev–Trinajstić information content (AvgIpc) is 2.38. The molecule has 0 aliphatic heterocycles. The van der Waals surface area contributed by atoms with Crippen LogP contribution in [0.2, 0.25) is 0 Å². The fraction of sp³-hybridized carbons (Fsp3) is 0.600. The molecule has 0 heterocycles. The highest BCUT2D eigenvalue weighted by Gasteiger charge is 2.41. The highest BCUT2D eigenvalue weighted by molar-refractivity contribution is 9.10. The lowest BCUT2D eigenvalue weighted by Gasteiger charge is -2.32. The van der Waals surface area contributed by atoms with Crippen LogP contribution in [0.1, 0.15) is 44.2 Å². The predicted molar refractivity (Wildman–Crippen MR) is 77.5 cm³/mol. The van der Waals surface area contributed by atoms with Crippen LogP contribution in [0, 0.1) is 5.92 Å². The van der Waals surface area contributed by atoms with E-state index < -0.39 is 12.1 Å². The molecule has 1 nitrogen and oxygen atoms in total. The number of hydrogen-bond donors (Lipinski definition) is 1. The molecular weight excluding hydrogens is 331 g/mol. The Morgan fingerprint density at radius 3 is 2.30 bits per heavy atom. The van der Waals surface area contributed by atoms with Crippen molar-refractivity contribution >= 4 is 15.9 Å². The predicted octanol–water partition coefficient (Wildman–Crippen LogP) is 5.22. The number of benzene rings is 1. The van der Waals surface area contributed by atoms with Crippen molar-refractivity contribution in [2.45, 2.75) is 50.9 Å². The summed E-state index contributed by atoms with van der Waals surface area (Å²) in [5.74, 6) is -1.11. The second-order valence-electron chi connectivity index (χ2n) is 5.50. The number of hydrogen-bond acceptors (Lipinski definition) is 1. The minimum atomic E-state index is -4.03. The van der Waals surface area contributed by atoms with Gasteiger partial charge in [-0.2, -0.15) is 13.2 Å². The van der Waals surface area contributed by atoms with Crippen LogP contribution in [0.4, 0.5) is 13.2 Å². The third-order valence-corrected chi connectivity index (χ3v) is 4.77. The summed E-state index contributed by atoms with van der Waals surface area (Å²) >= 11 is 3.51. The van der Waals surface area contributed by atoms with Crippen LogP contribution in [0.5, 0.6) is 0 Å². The molecule has 0 radical (unpaired) electrons. The Kier molecular flexibility index (Phi) is 5.13. The molecule has 1 aliphatic carbocycles. The Morgan fingerprint density at radius 1 is 1.15 bits per heavy atom. The minimum absolute atomic E-state index is 0.137. The summed E-state index contributed by atoms with van der Waals surface area (Å²) in [6.07, 6.45) is -2.36. The normalized spacial score (nSPS) is 25.4. The van der Waals surface area contributed by atoms with Crippen LogP contribution in [0.3, 0.4) is 0 Å². The SMILES string of the molecule is CC(NC1CCC(C(F)(F)F)CC1)c1ccccc1Br. The summed E-state index contributed by atoms with van der Waals surface area (Å²) in [4.78, 5) is 0. The topological polar surface area (TPSA) is 12.0 Å². The summed E-state index contributed by atoms with van der Waals surface area (Å²) in [5, 5.41) is 3.45. The van der Waals surface area contributed by atoms with E-state index in [-0.39, 0.29) is 24.9 Å². The van der Waals surface area contributed by atoms with Crippen molar-refractivity contribution in [3.05, 3.63) is 34.3 Å². The molecule has 1 aromatic carbocycles. The molecule has 0 saturated heterocycles. The maximum absolute atomic E-state index is 12.6. The van der Waals surface area contributed by atoms with Gasteiger partial charge in [-0.25, -0.2) is 0 Å². The van der Waals surface area contributed by atoms with Crippen LogP contribution in [0.25, 0.3) is 0 Å². The molecule has 1 saturated carbocycles. The van der Waals surface area contributed by atoms with Gasteiger partial charge in [0, 0.05) is 16.6 Å². The van der Waals surface area contributed by atoms with E-state index >= 15 is 0 Å². The van der Waals surface area contributed by atoms with Gasteiger partial charge in [0.2, 0.25) is 0 Å². The zero-order chi connectivity index (χ0) is 14.8. The molecule has 1 aromatic rings. The van der Waals surface area contributed by atoms with Gasteiger partial charge >= 0.3 is 6.18 Å². The first-order chi connectivity index (χ1) is 9.38. The van der Waals surface area contributed by atoms with E-state index in [1.54, 1.807) is 0 Å². The molecule has 0 aromatic heterocycles. The Balaban J connectivity index is 1.88. The molecule has 1 N–H and O–H groups in total. The molecule has 112 valence electrons. The van der Waals surface area contributed by atoms with Crippen molar-refractivity contribution in [2.75, 3.05) is 0 Å². The van der Waals surface area contributed by atoms with Gasteiger partial charge in [0.25, 0.3) is 0 Å². The fourth-order valence-corrected chi connectivity index (χ4v) is 3.49. The first kappa shape index (κ1) is 15.8. The number of halogens is 4. The molecule has 1 aliphatic rings. The lowest BCUT2D eigenvalue weighted by Crippen LogP contribution is -2.38. The smallest absolute Gasteiger partial charge is 0.307 e. The summed E-state index contributed by atoms with van der Waals surface area (Å²) in [6.45, 7) is 2.05. The number of alkyl halides is 3. The second kappa shape index (κ2) is 6.48. The molecule has 1 unspecified atom stereocenters. The lowest BCUT2D eigenvalue weighted by molar-refractivity contribution is -0.182. The molecular formula is C15H19BrF3N. The molecule has 5 heteroatoms. The molecule has 1 fully saturated rings. The largest absolute Gasteiger partial charge is 0.391 e. The summed E-state index contributed by atoms with van der Waals surface area (Å²) in [6, 6.07) is 8.25. The zero-order valence-corrected chi connectivity index (χ0v) is 13.0. The maximum atomic E-state index is 12.6. The van der Waals surface area contributed by atoms with Gasteiger partial charge in [0.15, 0.2) is 0 Å². The van der Waals surface area contributed by atoms with Gasteiger partial charge in [-0.1, -0.05) is 34.1 Å². The highest BCUT2D eigenvalue weighted by Crippen LogP contribution is 2.38. The van der Waals surface area contributed by atoms with Crippen molar-refractivity contribution < 1.29 is 13.2 Å². The second-order valence-corrected chi connectivity index (χ2v) is 6.35. The third-order valence-electron chi connectivity index (χ3n) is 4.05. The van der Waals surface area contributed by atoms with E-state index in [1.807, 2.05) is 24.3 Å². The van der Waals surface area contributed by atoms with Crippen molar-refractivity contribution in [3.8, 4) is 0 Å². The first-order valence-electron chi connectivity index (χ1n) is 6.95. The Morgan fingerprint density at radius 2 is 1.75 bits per heavy atom. The quantitative estimate of drug-likeness (QED) is 0.788. The molecule has 0 amide bonds.